The molecule has 0 aromatic carbocycles. The molecule has 0 rings (SSSR count). The first-order valence-corrected chi connectivity index (χ1v) is 3.91. The zero-order valence-electron chi connectivity index (χ0n) is 5.66. The third-order valence-electron chi connectivity index (χ3n) is 0. The summed E-state index contributed by atoms with van der Waals surface area (Å²) in [4.78, 5) is 8.89. The van der Waals surface area contributed by atoms with E-state index in [0.29, 0.717) is 0 Å². The van der Waals surface area contributed by atoms with Crippen LogP contribution in [0.1, 0.15) is 6.92 Å². The van der Waals surface area contributed by atoms with E-state index in [9.17, 15) is 0 Å². The molecule has 0 saturated heterocycles. The maximum atomic E-state index is 8.89. The van der Waals surface area contributed by atoms with E-state index >= 15 is 0 Å². The van der Waals surface area contributed by atoms with E-state index in [2.05, 4.69) is 11.2 Å². The van der Waals surface area contributed by atoms with E-state index in [0.717, 1.165) is 6.92 Å². The standard InChI is InChI=1S/C2H4O2.Cu.Na.H2O3S2/c1-2(3)4;;;1-5(2,3)4/h1H3,(H,3,4);;;(H2,1,2,3,4)/q;+2;+1;/p-3. The molecule has 0 saturated carbocycles. The maximum absolute atomic E-state index is 8.89. The van der Waals surface area contributed by atoms with Crippen LogP contribution >= 0.6 is 0 Å². The molecule has 0 bridgehead atoms. The number of carbonyl (C=O) groups is 1. The van der Waals surface area contributed by atoms with Crippen LogP contribution in [0.4, 0.5) is 0 Å². The molecule has 5 nitrogen and oxygen atoms in total. The van der Waals surface area contributed by atoms with Crippen molar-refractivity contribution in [3.05, 3.63) is 0 Å². The Bertz CT molecular complexity index is 165. The van der Waals surface area contributed by atoms with E-state index in [1.54, 1.807) is 0 Å². The summed E-state index contributed by atoms with van der Waals surface area (Å²) in [6.45, 7) is 0.972. The van der Waals surface area contributed by atoms with Crippen LogP contribution in [0, 0.1) is 0 Å². The molecule has 0 aliphatic heterocycles. The number of rotatable bonds is 0. The van der Waals surface area contributed by atoms with Gasteiger partial charge in [-0.05, 0) is 18.1 Å². The van der Waals surface area contributed by atoms with Crippen LogP contribution in [0.15, 0.2) is 0 Å². The number of aliphatic carboxylic acids is 1. The van der Waals surface area contributed by atoms with Gasteiger partial charge in [0.05, 0.1) is 0 Å². The zero-order valence-corrected chi connectivity index (χ0v) is 10.2. The van der Waals surface area contributed by atoms with Crippen molar-refractivity contribution in [3.63, 3.8) is 0 Å². The normalized spacial score (nSPS) is 7.55. The van der Waals surface area contributed by atoms with Crippen molar-refractivity contribution in [3.8, 4) is 0 Å². The molecule has 0 aromatic rings. The fourth-order valence-corrected chi connectivity index (χ4v) is 0. The molecule has 0 unspecified atom stereocenters. The fraction of sp³-hybridized carbons (Fsp3) is 0.500. The fourth-order valence-electron chi connectivity index (χ4n) is 0. The number of hydrogen-bond acceptors (Lipinski definition) is 6. The summed E-state index contributed by atoms with van der Waals surface area (Å²) in [6, 6.07) is 0. The molecule has 0 aliphatic rings. The predicted molar refractivity (Wildman–Crippen MR) is 27.7 cm³/mol. The summed E-state index contributed by atoms with van der Waals surface area (Å²) in [5.74, 6) is -1.08. The van der Waals surface area contributed by atoms with Crippen LogP contribution < -0.4 is 34.7 Å². The summed E-state index contributed by atoms with van der Waals surface area (Å²) in [7, 11) is -4.33. The molecule has 65 valence electrons. The maximum Gasteiger partial charge on any atom is 2.00 e. The quantitative estimate of drug-likeness (QED) is 0.402. The van der Waals surface area contributed by atoms with Gasteiger partial charge in [-0.25, -0.2) is 0 Å². The van der Waals surface area contributed by atoms with Crippen molar-refractivity contribution in [2.75, 3.05) is 0 Å². The van der Waals surface area contributed by atoms with Crippen LogP contribution in [0.2, 0.25) is 0 Å². The Morgan fingerprint density at radius 2 is 1.45 bits per heavy atom. The minimum atomic E-state index is -4.33. The number of carboxylic acid groups (broad SMARTS) is 1. The van der Waals surface area contributed by atoms with Crippen molar-refractivity contribution in [2.24, 2.45) is 0 Å². The van der Waals surface area contributed by atoms with Gasteiger partial charge < -0.3 is 19.0 Å². The molecule has 1 radical (unpaired) electrons. The topological polar surface area (TPSA) is 103 Å². The minimum absolute atomic E-state index is 0. The summed E-state index contributed by atoms with van der Waals surface area (Å²) in [5, 5.41) is 8.89. The van der Waals surface area contributed by atoms with Crippen molar-refractivity contribution in [2.45, 2.75) is 6.92 Å². The van der Waals surface area contributed by atoms with Crippen LogP contribution in [-0.4, -0.2) is 19.3 Å². The van der Waals surface area contributed by atoms with Gasteiger partial charge in [0.15, 0.2) is 0 Å². The Labute approximate surface area is 102 Å². The van der Waals surface area contributed by atoms with Gasteiger partial charge in [0.1, 0.15) is 0 Å². The zero-order chi connectivity index (χ0) is 8.08. The summed E-state index contributed by atoms with van der Waals surface area (Å²) in [6.07, 6.45) is 0. The molecule has 9 heteroatoms. The van der Waals surface area contributed by atoms with E-state index in [1.807, 2.05) is 0 Å². The molecule has 0 aromatic heterocycles. The van der Waals surface area contributed by atoms with Crippen LogP contribution in [0.3, 0.4) is 0 Å². The first kappa shape index (κ1) is 22.8. The Balaban J connectivity index is -0.0000000383. The Hall–Kier alpha value is 1.28. The largest absolute Gasteiger partial charge is 2.00 e. The monoisotopic (exact) mass is 257 g/mol. The molecule has 0 heterocycles. The molecular formula is C2H3CuNaO5S2. The summed E-state index contributed by atoms with van der Waals surface area (Å²) >= 11 is 3.24. The van der Waals surface area contributed by atoms with Gasteiger partial charge in [0.2, 0.25) is 0 Å². The van der Waals surface area contributed by atoms with E-state index in [-0.39, 0.29) is 46.6 Å². The third-order valence-corrected chi connectivity index (χ3v) is 0. The van der Waals surface area contributed by atoms with Gasteiger partial charge in [-0.15, -0.1) is 9.05 Å². The SMILES string of the molecule is CC(=O)[O-].O=S([O-])([O-])=S.[Cu+2].[Na+]. The smallest absolute Gasteiger partial charge is 0.780 e. The van der Waals surface area contributed by atoms with Gasteiger partial charge >= 0.3 is 46.6 Å². The van der Waals surface area contributed by atoms with Gasteiger partial charge in [-0.3, -0.25) is 4.21 Å². The number of carbonyl (C=O) groups excluding carboxylic acids is 1. The van der Waals surface area contributed by atoms with Gasteiger partial charge in [-0.1, -0.05) is 0 Å². The van der Waals surface area contributed by atoms with Crippen molar-refractivity contribution in [1.82, 2.24) is 0 Å². The second kappa shape index (κ2) is 11.3. The Morgan fingerprint density at radius 3 is 1.45 bits per heavy atom. The van der Waals surface area contributed by atoms with E-state index in [1.165, 1.54) is 0 Å². The van der Waals surface area contributed by atoms with Crippen molar-refractivity contribution in [1.29, 1.82) is 0 Å². The average Bonchev–Trinajstić information content (AvgIpc) is 1.19. The molecule has 0 N–H and O–H groups in total. The Morgan fingerprint density at radius 1 is 1.45 bits per heavy atom. The van der Waals surface area contributed by atoms with Gasteiger partial charge in [0.25, 0.3) is 0 Å². The third kappa shape index (κ3) is 593. The first-order chi connectivity index (χ1) is 3.73. The van der Waals surface area contributed by atoms with Crippen molar-refractivity contribution >= 4 is 26.2 Å². The van der Waals surface area contributed by atoms with Gasteiger partial charge in [-0.2, -0.15) is 0 Å². The minimum Gasteiger partial charge on any atom is -0.780 e. The van der Waals surface area contributed by atoms with Crippen LogP contribution in [0.25, 0.3) is 0 Å². The molecule has 0 atom stereocenters. The number of hydrogen-bond donors (Lipinski definition) is 0. The van der Waals surface area contributed by atoms with E-state index < -0.39 is 15.0 Å². The van der Waals surface area contributed by atoms with Crippen LogP contribution in [-0.2, 0) is 42.1 Å². The Kier molecular flexibility index (Phi) is 23.4. The molecular weight excluding hydrogens is 255 g/mol. The second-order valence-corrected chi connectivity index (χ2v) is 2.94. The first-order valence-electron chi connectivity index (χ1n) is 1.57. The molecule has 11 heavy (non-hydrogen) atoms. The molecule has 0 spiro atoms. The van der Waals surface area contributed by atoms with Gasteiger partial charge in [0, 0.05) is 5.97 Å². The van der Waals surface area contributed by atoms with E-state index in [4.69, 9.17) is 23.2 Å². The van der Waals surface area contributed by atoms with Crippen molar-refractivity contribution < 1.29 is 69.8 Å². The predicted octanol–water partition coefficient (Wildman–Crippen LogP) is -5.25. The molecule has 0 fully saturated rings. The molecule has 0 amide bonds. The second-order valence-electron chi connectivity index (χ2n) is 0.900. The summed E-state index contributed by atoms with van der Waals surface area (Å²) in [5.41, 5.74) is 0. The molecule has 0 aliphatic carbocycles. The average molecular weight is 258 g/mol. The summed E-state index contributed by atoms with van der Waals surface area (Å²) < 4.78 is 26.7. The van der Waals surface area contributed by atoms with Crippen LogP contribution in [0.5, 0.6) is 0 Å². The number of carboxylic acids is 1.